The van der Waals surface area contributed by atoms with Crippen LogP contribution in [0.2, 0.25) is 0 Å². The molecule has 3 rings (SSSR count). The SMILES string of the molecule is C=C[C@@]1(C)CCC2=C(C1=O)[C@H](O)C[C@@H]1[C@](C)(C(=O)O)CCC[C@@]21C. The third-order valence-corrected chi connectivity index (χ3v) is 7.33. The fraction of sp³-hybridized carbons (Fsp3) is 0.700. The molecule has 1 saturated carbocycles. The van der Waals surface area contributed by atoms with Crippen LogP contribution in [0.4, 0.5) is 0 Å². The molecule has 1 fully saturated rings. The monoisotopic (exact) mass is 332 g/mol. The average molecular weight is 332 g/mol. The molecule has 0 amide bonds. The molecular formula is C20H28O4. The van der Waals surface area contributed by atoms with Crippen LogP contribution in [0.1, 0.15) is 59.3 Å². The third-order valence-electron chi connectivity index (χ3n) is 7.33. The number of aliphatic hydroxyl groups is 1. The van der Waals surface area contributed by atoms with Crippen LogP contribution in [-0.4, -0.2) is 28.1 Å². The summed E-state index contributed by atoms with van der Waals surface area (Å²) in [5, 5.41) is 20.6. The van der Waals surface area contributed by atoms with E-state index in [0.29, 0.717) is 24.8 Å². The maximum atomic E-state index is 13.0. The van der Waals surface area contributed by atoms with Crippen molar-refractivity contribution in [2.75, 3.05) is 0 Å². The summed E-state index contributed by atoms with van der Waals surface area (Å²) in [6, 6.07) is 0. The Bertz CT molecular complexity index is 648. The van der Waals surface area contributed by atoms with E-state index in [1.54, 1.807) is 6.08 Å². The quantitative estimate of drug-likeness (QED) is 0.759. The Labute approximate surface area is 143 Å². The van der Waals surface area contributed by atoms with Crippen LogP contribution >= 0.6 is 0 Å². The molecule has 0 bridgehead atoms. The molecule has 4 nitrogen and oxygen atoms in total. The minimum Gasteiger partial charge on any atom is -0.481 e. The zero-order chi connectivity index (χ0) is 17.9. The maximum absolute atomic E-state index is 13.0. The fourth-order valence-electron chi connectivity index (χ4n) is 5.57. The number of allylic oxidation sites excluding steroid dienone is 2. The number of fused-ring (bicyclic) bond motifs is 2. The summed E-state index contributed by atoms with van der Waals surface area (Å²) in [7, 11) is 0. The molecule has 5 atom stereocenters. The Morgan fingerprint density at radius 3 is 2.50 bits per heavy atom. The number of carbonyl (C=O) groups excluding carboxylic acids is 1. The van der Waals surface area contributed by atoms with Crippen LogP contribution in [0.3, 0.4) is 0 Å². The van der Waals surface area contributed by atoms with Crippen LogP contribution in [-0.2, 0) is 9.59 Å². The van der Waals surface area contributed by atoms with Gasteiger partial charge >= 0.3 is 5.97 Å². The number of hydrogen-bond donors (Lipinski definition) is 2. The Hall–Kier alpha value is -1.42. The molecule has 3 aliphatic rings. The fourth-order valence-corrected chi connectivity index (χ4v) is 5.57. The lowest BCUT2D eigenvalue weighted by molar-refractivity contribution is -0.161. The Morgan fingerprint density at radius 2 is 1.92 bits per heavy atom. The highest BCUT2D eigenvalue weighted by molar-refractivity contribution is 6.03. The molecule has 0 unspecified atom stereocenters. The summed E-state index contributed by atoms with van der Waals surface area (Å²) in [6.07, 6.45) is 4.99. The number of ketones is 1. The second-order valence-electron chi connectivity index (χ2n) is 8.64. The molecule has 0 heterocycles. The van der Waals surface area contributed by atoms with Crippen molar-refractivity contribution in [2.24, 2.45) is 22.2 Å². The largest absolute Gasteiger partial charge is 0.481 e. The van der Waals surface area contributed by atoms with E-state index < -0.39 is 22.9 Å². The van der Waals surface area contributed by atoms with E-state index in [4.69, 9.17) is 0 Å². The molecular weight excluding hydrogens is 304 g/mol. The van der Waals surface area contributed by atoms with Crippen LogP contribution in [0, 0.1) is 22.2 Å². The van der Waals surface area contributed by atoms with Gasteiger partial charge in [0.2, 0.25) is 0 Å². The summed E-state index contributed by atoms with van der Waals surface area (Å²) < 4.78 is 0. The summed E-state index contributed by atoms with van der Waals surface area (Å²) in [5.41, 5.74) is -0.194. The van der Waals surface area contributed by atoms with Crippen LogP contribution in [0.5, 0.6) is 0 Å². The highest BCUT2D eigenvalue weighted by Crippen LogP contribution is 2.62. The second kappa shape index (κ2) is 5.29. The van der Waals surface area contributed by atoms with E-state index in [1.165, 1.54) is 0 Å². The first-order chi connectivity index (χ1) is 11.1. The highest BCUT2D eigenvalue weighted by atomic mass is 16.4. The standard InChI is InChI=1S/C20H28O4/c1-5-18(2)10-7-12-15(16(18)22)13(21)11-14-19(12,3)8-6-9-20(14,4)17(23)24/h5,13-14,21H,1,6-11H2,2-4H3,(H,23,24)/t13-,14+,18+,19+,20-/m1/s1. The molecule has 3 aliphatic carbocycles. The van der Waals surface area contributed by atoms with Crippen molar-refractivity contribution in [3.05, 3.63) is 23.8 Å². The molecule has 0 aromatic rings. The molecule has 24 heavy (non-hydrogen) atoms. The number of carbonyl (C=O) groups is 2. The maximum Gasteiger partial charge on any atom is 0.309 e. The van der Waals surface area contributed by atoms with E-state index in [1.807, 2.05) is 13.8 Å². The third kappa shape index (κ3) is 2.08. The van der Waals surface area contributed by atoms with Gasteiger partial charge in [-0.3, -0.25) is 9.59 Å². The summed E-state index contributed by atoms with van der Waals surface area (Å²) in [6.45, 7) is 9.62. The van der Waals surface area contributed by atoms with Crippen molar-refractivity contribution in [2.45, 2.75) is 65.4 Å². The van der Waals surface area contributed by atoms with Gasteiger partial charge < -0.3 is 10.2 Å². The van der Waals surface area contributed by atoms with Crippen LogP contribution in [0.15, 0.2) is 23.8 Å². The predicted molar refractivity (Wildman–Crippen MR) is 91.4 cm³/mol. The number of aliphatic hydroxyl groups excluding tert-OH is 1. The molecule has 132 valence electrons. The van der Waals surface area contributed by atoms with Gasteiger partial charge in [-0.15, -0.1) is 6.58 Å². The van der Waals surface area contributed by atoms with Gasteiger partial charge in [-0.1, -0.05) is 25.0 Å². The Morgan fingerprint density at radius 1 is 1.25 bits per heavy atom. The van der Waals surface area contributed by atoms with Gasteiger partial charge in [-0.2, -0.15) is 0 Å². The topological polar surface area (TPSA) is 74.6 Å². The number of carboxylic acids is 1. The number of hydrogen-bond acceptors (Lipinski definition) is 3. The Kier molecular flexibility index (Phi) is 3.83. The highest BCUT2D eigenvalue weighted by Gasteiger charge is 2.59. The van der Waals surface area contributed by atoms with Gasteiger partial charge in [0.15, 0.2) is 5.78 Å². The zero-order valence-electron chi connectivity index (χ0n) is 14.9. The van der Waals surface area contributed by atoms with Gasteiger partial charge in [-0.25, -0.2) is 0 Å². The van der Waals surface area contributed by atoms with Crippen molar-refractivity contribution in [3.8, 4) is 0 Å². The first-order valence-electron chi connectivity index (χ1n) is 8.93. The zero-order valence-corrected chi connectivity index (χ0v) is 14.9. The second-order valence-corrected chi connectivity index (χ2v) is 8.64. The minimum atomic E-state index is -0.859. The van der Waals surface area contributed by atoms with Gasteiger partial charge in [-0.05, 0) is 57.3 Å². The lowest BCUT2D eigenvalue weighted by atomic mass is 9.47. The normalized spacial score (nSPS) is 45.4. The Balaban J connectivity index is 2.14. The van der Waals surface area contributed by atoms with Gasteiger partial charge in [0.05, 0.1) is 11.5 Å². The van der Waals surface area contributed by atoms with Crippen molar-refractivity contribution >= 4 is 11.8 Å². The van der Waals surface area contributed by atoms with E-state index in [-0.39, 0.29) is 17.1 Å². The molecule has 0 aromatic heterocycles. The van der Waals surface area contributed by atoms with E-state index >= 15 is 0 Å². The number of rotatable bonds is 2. The van der Waals surface area contributed by atoms with Crippen molar-refractivity contribution in [1.29, 1.82) is 0 Å². The number of aliphatic carboxylic acids is 1. The smallest absolute Gasteiger partial charge is 0.309 e. The molecule has 0 aliphatic heterocycles. The summed E-state index contributed by atoms with van der Waals surface area (Å²) >= 11 is 0. The van der Waals surface area contributed by atoms with Crippen molar-refractivity contribution in [1.82, 2.24) is 0 Å². The first-order valence-corrected chi connectivity index (χ1v) is 8.93. The lowest BCUT2D eigenvalue weighted by Crippen LogP contribution is -2.55. The first kappa shape index (κ1) is 17.4. The molecule has 0 saturated heterocycles. The molecule has 2 N–H and O–H groups in total. The number of Topliss-reactive ketones (excluding diaryl/α,β-unsaturated/α-hetero) is 1. The van der Waals surface area contributed by atoms with Crippen molar-refractivity contribution in [3.63, 3.8) is 0 Å². The van der Waals surface area contributed by atoms with E-state index in [2.05, 4.69) is 13.5 Å². The molecule has 0 radical (unpaired) electrons. The molecule has 0 aromatic carbocycles. The van der Waals surface area contributed by atoms with Crippen LogP contribution < -0.4 is 0 Å². The van der Waals surface area contributed by atoms with Crippen molar-refractivity contribution < 1.29 is 19.8 Å². The van der Waals surface area contributed by atoms with Gasteiger partial charge in [0.1, 0.15) is 0 Å². The lowest BCUT2D eigenvalue weighted by Gasteiger charge is -2.57. The summed E-state index contributed by atoms with van der Waals surface area (Å²) in [5.74, 6) is -0.938. The van der Waals surface area contributed by atoms with Gasteiger partial charge in [0, 0.05) is 11.0 Å². The average Bonchev–Trinajstić information content (AvgIpc) is 2.52. The predicted octanol–water partition coefficient (Wildman–Crippen LogP) is 3.50. The molecule has 0 spiro atoms. The van der Waals surface area contributed by atoms with Gasteiger partial charge in [0.25, 0.3) is 0 Å². The van der Waals surface area contributed by atoms with E-state index in [9.17, 15) is 19.8 Å². The van der Waals surface area contributed by atoms with Crippen LogP contribution in [0.25, 0.3) is 0 Å². The summed E-state index contributed by atoms with van der Waals surface area (Å²) in [4.78, 5) is 25.0. The van der Waals surface area contributed by atoms with E-state index in [0.717, 1.165) is 24.8 Å². The minimum absolute atomic E-state index is 0.0199. The molecule has 4 heteroatoms. The number of carboxylic acid groups (broad SMARTS) is 1.